The normalized spacial score (nSPS) is 19.9. The average Bonchev–Trinajstić information content (AvgIpc) is 3.15. The van der Waals surface area contributed by atoms with Crippen LogP contribution >= 0.6 is 11.3 Å². The molecule has 0 spiro atoms. The van der Waals surface area contributed by atoms with Crippen LogP contribution in [0, 0.1) is 0 Å². The van der Waals surface area contributed by atoms with Crippen LogP contribution in [0.5, 0.6) is 0 Å². The lowest BCUT2D eigenvalue weighted by Crippen LogP contribution is -2.46. The van der Waals surface area contributed by atoms with Crippen LogP contribution in [-0.2, 0) is 16.6 Å². The Morgan fingerprint density at radius 1 is 1.50 bits per heavy atom. The van der Waals surface area contributed by atoms with Crippen molar-refractivity contribution in [3.63, 3.8) is 0 Å². The summed E-state index contributed by atoms with van der Waals surface area (Å²) in [6, 6.07) is -0.00837. The summed E-state index contributed by atoms with van der Waals surface area (Å²) in [5, 5.41) is 9.56. The van der Waals surface area contributed by atoms with Crippen molar-refractivity contribution in [3.05, 3.63) is 16.1 Å². The average molecular weight is 374 g/mol. The number of hydrogen-bond donors (Lipinski definition) is 2. The fourth-order valence-corrected chi connectivity index (χ4v) is 4.79. The maximum absolute atomic E-state index is 11.8. The van der Waals surface area contributed by atoms with Crippen molar-refractivity contribution < 1.29 is 8.42 Å². The Morgan fingerprint density at radius 2 is 2.25 bits per heavy atom. The molecule has 1 atom stereocenters. The minimum Gasteiger partial charge on any atom is -0.355 e. The van der Waals surface area contributed by atoms with Gasteiger partial charge in [0.1, 0.15) is 5.01 Å². The number of thiazole rings is 1. The van der Waals surface area contributed by atoms with Gasteiger partial charge in [-0.25, -0.2) is 13.4 Å². The summed E-state index contributed by atoms with van der Waals surface area (Å²) in [6.07, 6.45) is 3.05. The summed E-state index contributed by atoms with van der Waals surface area (Å²) in [6.45, 7) is 6.03. The van der Waals surface area contributed by atoms with Gasteiger partial charge in [-0.05, 0) is 18.8 Å². The van der Waals surface area contributed by atoms with E-state index in [2.05, 4.69) is 39.8 Å². The molecule has 1 aromatic rings. The predicted octanol–water partition coefficient (Wildman–Crippen LogP) is 1.36. The van der Waals surface area contributed by atoms with E-state index in [0.29, 0.717) is 31.5 Å². The Balaban J connectivity index is 1.84. The van der Waals surface area contributed by atoms with Crippen molar-refractivity contribution >= 4 is 27.3 Å². The highest BCUT2D eigenvalue weighted by Crippen LogP contribution is 2.19. The van der Waals surface area contributed by atoms with Gasteiger partial charge >= 0.3 is 0 Å². The van der Waals surface area contributed by atoms with E-state index in [1.165, 1.54) is 6.26 Å². The van der Waals surface area contributed by atoms with Crippen molar-refractivity contribution in [1.82, 2.24) is 19.9 Å². The SMILES string of the molecule is CN=C(NCc1nc(C(C)C)cs1)NC[C@H]1CCCN1S(C)(=O)=O. The second-order valence-electron chi connectivity index (χ2n) is 6.30. The Hall–Kier alpha value is -1.19. The van der Waals surface area contributed by atoms with Gasteiger partial charge in [0.25, 0.3) is 0 Å². The molecule has 9 heteroatoms. The zero-order valence-corrected chi connectivity index (χ0v) is 16.4. The van der Waals surface area contributed by atoms with Crippen LogP contribution in [0.25, 0.3) is 0 Å². The summed E-state index contributed by atoms with van der Waals surface area (Å²) in [4.78, 5) is 8.78. The first kappa shape index (κ1) is 19.1. The number of aliphatic imine (C=N–C) groups is 1. The molecular weight excluding hydrogens is 346 g/mol. The molecule has 7 nitrogen and oxygen atoms in total. The largest absolute Gasteiger partial charge is 0.355 e. The summed E-state index contributed by atoms with van der Waals surface area (Å²) in [7, 11) is -1.43. The van der Waals surface area contributed by atoms with Gasteiger partial charge in [0.2, 0.25) is 10.0 Å². The third-order valence-electron chi connectivity index (χ3n) is 4.05. The van der Waals surface area contributed by atoms with Crippen molar-refractivity contribution in [1.29, 1.82) is 0 Å². The van der Waals surface area contributed by atoms with Crippen LogP contribution in [-0.4, -0.2) is 56.1 Å². The van der Waals surface area contributed by atoms with Crippen molar-refractivity contribution in [3.8, 4) is 0 Å². The molecule has 1 saturated heterocycles. The Morgan fingerprint density at radius 3 is 2.83 bits per heavy atom. The van der Waals surface area contributed by atoms with Crippen LogP contribution in [0.4, 0.5) is 0 Å². The van der Waals surface area contributed by atoms with Gasteiger partial charge in [0, 0.05) is 31.6 Å². The predicted molar refractivity (Wildman–Crippen MR) is 99.0 cm³/mol. The highest BCUT2D eigenvalue weighted by atomic mass is 32.2. The van der Waals surface area contributed by atoms with Crippen molar-refractivity contribution in [2.24, 2.45) is 4.99 Å². The number of sulfonamides is 1. The zero-order chi connectivity index (χ0) is 17.7. The maximum atomic E-state index is 11.8. The first-order valence-corrected chi connectivity index (χ1v) is 10.9. The Labute approximate surface area is 148 Å². The molecule has 0 amide bonds. The Bertz CT molecular complexity index is 669. The number of aromatic nitrogens is 1. The fraction of sp³-hybridized carbons (Fsp3) is 0.733. The molecule has 0 unspecified atom stereocenters. The second kappa shape index (κ2) is 8.26. The van der Waals surface area contributed by atoms with E-state index in [-0.39, 0.29) is 6.04 Å². The van der Waals surface area contributed by atoms with Gasteiger partial charge in [-0.15, -0.1) is 11.3 Å². The van der Waals surface area contributed by atoms with E-state index in [4.69, 9.17) is 0 Å². The van der Waals surface area contributed by atoms with Gasteiger partial charge in [0.05, 0.1) is 18.5 Å². The van der Waals surface area contributed by atoms with Gasteiger partial charge in [-0.3, -0.25) is 4.99 Å². The molecule has 24 heavy (non-hydrogen) atoms. The molecule has 0 aromatic carbocycles. The fourth-order valence-electron chi connectivity index (χ4n) is 2.72. The number of rotatable bonds is 6. The van der Waals surface area contributed by atoms with Crippen molar-refractivity contribution in [2.45, 2.75) is 45.2 Å². The first-order valence-electron chi connectivity index (χ1n) is 8.17. The number of nitrogens with one attached hydrogen (secondary N) is 2. The van der Waals surface area contributed by atoms with E-state index in [0.717, 1.165) is 23.5 Å². The van der Waals surface area contributed by atoms with E-state index in [1.54, 1.807) is 22.7 Å². The lowest BCUT2D eigenvalue weighted by Gasteiger charge is -2.23. The van der Waals surface area contributed by atoms with Crippen LogP contribution in [0.2, 0.25) is 0 Å². The third-order valence-corrected chi connectivity index (χ3v) is 6.25. The first-order chi connectivity index (χ1) is 11.3. The minimum absolute atomic E-state index is 0.00837. The van der Waals surface area contributed by atoms with Crippen LogP contribution < -0.4 is 10.6 Å². The third kappa shape index (κ3) is 5.15. The van der Waals surface area contributed by atoms with E-state index in [1.807, 2.05) is 0 Å². The second-order valence-corrected chi connectivity index (χ2v) is 9.17. The van der Waals surface area contributed by atoms with Gasteiger partial charge in [-0.1, -0.05) is 13.8 Å². The van der Waals surface area contributed by atoms with Crippen LogP contribution in [0.3, 0.4) is 0 Å². The lowest BCUT2D eigenvalue weighted by atomic mass is 10.2. The Kier molecular flexibility index (Phi) is 6.59. The molecule has 1 aliphatic heterocycles. The molecule has 2 heterocycles. The summed E-state index contributed by atoms with van der Waals surface area (Å²) in [5.74, 6) is 1.09. The summed E-state index contributed by atoms with van der Waals surface area (Å²) in [5.41, 5.74) is 1.11. The minimum atomic E-state index is -3.14. The zero-order valence-electron chi connectivity index (χ0n) is 14.7. The smallest absolute Gasteiger partial charge is 0.211 e. The molecule has 0 aliphatic carbocycles. The number of hydrogen-bond acceptors (Lipinski definition) is 5. The lowest BCUT2D eigenvalue weighted by molar-refractivity contribution is 0.387. The molecule has 1 aromatic heterocycles. The van der Waals surface area contributed by atoms with E-state index in [9.17, 15) is 8.42 Å². The monoisotopic (exact) mass is 373 g/mol. The molecule has 2 rings (SSSR count). The summed E-state index contributed by atoms with van der Waals surface area (Å²) >= 11 is 1.63. The molecule has 0 saturated carbocycles. The molecule has 2 N–H and O–H groups in total. The van der Waals surface area contributed by atoms with E-state index < -0.39 is 10.0 Å². The number of nitrogens with zero attached hydrogens (tertiary/aromatic N) is 3. The molecular formula is C15H27N5O2S2. The summed E-state index contributed by atoms with van der Waals surface area (Å²) < 4.78 is 25.1. The van der Waals surface area contributed by atoms with Crippen molar-refractivity contribution in [2.75, 3.05) is 26.4 Å². The van der Waals surface area contributed by atoms with Crippen LogP contribution in [0.15, 0.2) is 10.4 Å². The van der Waals surface area contributed by atoms with Gasteiger partial charge in [0.15, 0.2) is 5.96 Å². The maximum Gasteiger partial charge on any atom is 0.211 e. The highest BCUT2D eigenvalue weighted by Gasteiger charge is 2.31. The molecule has 1 fully saturated rings. The van der Waals surface area contributed by atoms with E-state index >= 15 is 0 Å². The molecule has 0 bridgehead atoms. The quantitative estimate of drug-likeness (QED) is 0.581. The standard InChI is InChI=1S/C15H27N5O2S2/c1-11(2)13-10-23-14(19-13)9-18-15(16-3)17-8-12-6-5-7-20(12)24(4,21)22/h10-12H,5-9H2,1-4H3,(H2,16,17,18)/t12-/m1/s1. The molecule has 136 valence electrons. The topological polar surface area (TPSA) is 86.7 Å². The highest BCUT2D eigenvalue weighted by molar-refractivity contribution is 7.88. The number of guanidine groups is 1. The van der Waals surface area contributed by atoms with Gasteiger partial charge in [-0.2, -0.15) is 4.31 Å². The molecule has 0 radical (unpaired) electrons. The van der Waals surface area contributed by atoms with Crippen LogP contribution in [0.1, 0.15) is 43.3 Å². The van der Waals surface area contributed by atoms with Gasteiger partial charge < -0.3 is 10.6 Å². The molecule has 1 aliphatic rings.